The highest BCUT2D eigenvalue weighted by Gasteiger charge is 2.21. The average Bonchev–Trinajstić information content (AvgIpc) is 2.55. The zero-order valence-electron chi connectivity index (χ0n) is 9.12. The van der Waals surface area contributed by atoms with Crippen molar-refractivity contribution in [1.29, 1.82) is 0 Å². The van der Waals surface area contributed by atoms with Crippen LogP contribution in [0.5, 0.6) is 0 Å². The van der Waals surface area contributed by atoms with Crippen LogP contribution in [0.25, 0.3) is 0 Å². The van der Waals surface area contributed by atoms with Crippen molar-refractivity contribution in [1.82, 2.24) is 9.55 Å². The molecule has 2 nitrogen and oxygen atoms in total. The third kappa shape index (κ3) is 2.58. The maximum absolute atomic E-state index is 4.08. The molecular weight excluding hydrogens is 160 g/mol. The fourth-order valence-corrected chi connectivity index (χ4v) is 1.72. The highest BCUT2D eigenvalue weighted by atomic mass is 15.1. The molecule has 1 aromatic heterocycles. The Morgan fingerprint density at radius 2 is 2.15 bits per heavy atom. The fraction of sp³-hybridized carbons (Fsp3) is 0.727. The van der Waals surface area contributed by atoms with Crippen LogP contribution in [0, 0.1) is 5.92 Å². The third-order valence-corrected chi connectivity index (χ3v) is 2.75. The van der Waals surface area contributed by atoms with Gasteiger partial charge in [-0.2, -0.15) is 0 Å². The van der Waals surface area contributed by atoms with Gasteiger partial charge in [0.1, 0.15) is 0 Å². The lowest BCUT2D eigenvalue weighted by Gasteiger charge is -2.29. The average molecular weight is 180 g/mol. The van der Waals surface area contributed by atoms with Crippen LogP contribution in [0.15, 0.2) is 18.7 Å². The first-order valence-electron chi connectivity index (χ1n) is 5.04. The molecule has 1 heterocycles. The van der Waals surface area contributed by atoms with E-state index >= 15 is 0 Å². The van der Waals surface area contributed by atoms with E-state index in [4.69, 9.17) is 0 Å². The maximum Gasteiger partial charge on any atom is 0.0950 e. The summed E-state index contributed by atoms with van der Waals surface area (Å²) in [6.45, 7) is 9.08. The summed E-state index contributed by atoms with van der Waals surface area (Å²) in [5.74, 6) is 0.775. The van der Waals surface area contributed by atoms with E-state index in [1.165, 1.54) is 12.8 Å². The molecule has 0 saturated carbocycles. The molecule has 1 rings (SSSR count). The first-order valence-corrected chi connectivity index (χ1v) is 5.04. The third-order valence-electron chi connectivity index (χ3n) is 2.75. The van der Waals surface area contributed by atoms with Gasteiger partial charge in [-0.15, -0.1) is 0 Å². The van der Waals surface area contributed by atoms with Crippen molar-refractivity contribution in [3.63, 3.8) is 0 Å². The van der Waals surface area contributed by atoms with Crippen molar-refractivity contribution in [3.8, 4) is 0 Å². The van der Waals surface area contributed by atoms with Crippen LogP contribution in [0.4, 0.5) is 0 Å². The van der Waals surface area contributed by atoms with Gasteiger partial charge >= 0.3 is 0 Å². The van der Waals surface area contributed by atoms with E-state index in [-0.39, 0.29) is 5.54 Å². The molecule has 0 aliphatic carbocycles. The lowest BCUT2D eigenvalue weighted by atomic mass is 9.90. The smallest absolute Gasteiger partial charge is 0.0950 e. The predicted molar refractivity (Wildman–Crippen MR) is 55.6 cm³/mol. The zero-order valence-corrected chi connectivity index (χ0v) is 9.12. The Balaban J connectivity index is 2.66. The van der Waals surface area contributed by atoms with Crippen LogP contribution in [0.3, 0.4) is 0 Å². The Morgan fingerprint density at radius 3 is 2.62 bits per heavy atom. The molecular formula is C11H20N2. The molecule has 13 heavy (non-hydrogen) atoms. The second kappa shape index (κ2) is 3.95. The Bertz CT molecular complexity index is 237. The highest BCUT2D eigenvalue weighted by Crippen LogP contribution is 2.25. The number of nitrogens with zero attached hydrogens (tertiary/aromatic N) is 2. The summed E-state index contributed by atoms with van der Waals surface area (Å²) >= 11 is 0. The molecule has 0 fully saturated rings. The Labute approximate surface area is 81.0 Å². The first-order chi connectivity index (χ1) is 6.06. The van der Waals surface area contributed by atoms with Crippen molar-refractivity contribution < 1.29 is 0 Å². The molecule has 0 bridgehead atoms. The van der Waals surface area contributed by atoms with Crippen molar-refractivity contribution in [2.45, 2.75) is 46.1 Å². The van der Waals surface area contributed by atoms with Crippen molar-refractivity contribution >= 4 is 0 Å². The molecule has 0 spiro atoms. The van der Waals surface area contributed by atoms with Crippen molar-refractivity contribution in [2.24, 2.45) is 5.92 Å². The molecule has 0 saturated heterocycles. The Kier molecular flexibility index (Phi) is 3.12. The number of aromatic nitrogens is 2. The minimum Gasteiger partial charge on any atom is -0.332 e. The molecule has 74 valence electrons. The van der Waals surface area contributed by atoms with Gasteiger partial charge in [-0.3, -0.25) is 0 Å². The first kappa shape index (κ1) is 10.3. The van der Waals surface area contributed by atoms with Crippen LogP contribution in [0.1, 0.15) is 40.5 Å². The van der Waals surface area contributed by atoms with Crippen LogP contribution in [-0.4, -0.2) is 9.55 Å². The minimum atomic E-state index is 0.200. The summed E-state index contributed by atoms with van der Waals surface area (Å²) in [7, 11) is 0. The van der Waals surface area contributed by atoms with Gasteiger partial charge in [0.2, 0.25) is 0 Å². The molecule has 0 N–H and O–H groups in total. The van der Waals surface area contributed by atoms with Gasteiger partial charge < -0.3 is 4.57 Å². The van der Waals surface area contributed by atoms with Crippen molar-refractivity contribution in [2.75, 3.05) is 0 Å². The second-order valence-corrected chi connectivity index (χ2v) is 4.50. The number of rotatable bonds is 4. The van der Waals surface area contributed by atoms with E-state index in [9.17, 15) is 0 Å². The summed E-state index contributed by atoms with van der Waals surface area (Å²) in [6, 6.07) is 0. The van der Waals surface area contributed by atoms with Crippen LogP contribution in [0.2, 0.25) is 0 Å². The second-order valence-electron chi connectivity index (χ2n) is 4.50. The molecule has 1 atom stereocenters. The molecule has 0 radical (unpaired) electrons. The fourth-order valence-electron chi connectivity index (χ4n) is 1.72. The molecule has 0 aliphatic rings. The van der Waals surface area contributed by atoms with E-state index < -0.39 is 0 Å². The standard InChI is InChI=1S/C11H20N2/c1-5-10(2)8-11(3,4)13-7-6-12-9-13/h6-7,9-10H,5,8H2,1-4H3. The van der Waals surface area contributed by atoms with Gasteiger partial charge in [0, 0.05) is 17.9 Å². The van der Waals surface area contributed by atoms with E-state index in [0.29, 0.717) is 0 Å². The van der Waals surface area contributed by atoms with Crippen LogP contribution in [-0.2, 0) is 5.54 Å². The molecule has 2 heteroatoms. The topological polar surface area (TPSA) is 17.8 Å². The van der Waals surface area contributed by atoms with Gasteiger partial charge in [0.15, 0.2) is 0 Å². The summed E-state index contributed by atoms with van der Waals surface area (Å²) in [5.41, 5.74) is 0.200. The Morgan fingerprint density at radius 1 is 1.46 bits per heavy atom. The van der Waals surface area contributed by atoms with E-state index in [1.54, 1.807) is 0 Å². The molecule has 0 aromatic carbocycles. The van der Waals surface area contributed by atoms with Crippen LogP contribution >= 0.6 is 0 Å². The van der Waals surface area contributed by atoms with Gasteiger partial charge in [-0.1, -0.05) is 20.3 Å². The quantitative estimate of drug-likeness (QED) is 0.696. The normalized spacial score (nSPS) is 14.5. The van der Waals surface area contributed by atoms with Gasteiger partial charge in [-0.05, 0) is 26.2 Å². The van der Waals surface area contributed by atoms with Crippen LogP contribution < -0.4 is 0 Å². The van der Waals surface area contributed by atoms with Crippen molar-refractivity contribution in [3.05, 3.63) is 18.7 Å². The molecule has 1 unspecified atom stereocenters. The van der Waals surface area contributed by atoms with E-state index in [1.807, 2.05) is 18.7 Å². The van der Waals surface area contributed by atoms with Gasteiger partial charge in [-0.25, -0.2) is 4.98 Å². The predicted octanol–water partition coefficient (Wildman–Crippen LogP) is 3.05. The number of hydrogen-bond acceptors (Lipinski definition) is 1. The minimum absolute atomic E-state index is 0.200. The summed E-state index contributed by atoms with van der Waals surface area (Å²) in [5, 5.41) is 0. The van der Waals surface area contributed by atoms with Gasteiger partial charge in [0.25, 0.3) is 0 Å². The lowest BCUT2D eigenvalue weighted by Crippen LogP contribution is -2.27. The molecule has 0 amide bonds. The Hall–Kier alpha value is -0.790. The number of hydrogen-bond donors (Lipinski definition) is 0. The molecule has 1 aromatic rings. The maximum atomic E-state index is 4.08. The molecule has 0 aliphatic heterocycles. The number of imidazole rings is 1. The van der Waals surface area contributed by atoms with Gasteiger partial charge in [0.05, 0.1) is 6.33 Å². The van der Waals surface area contributed by atoms with E-state index in [0.717, 1.165) is 5.92 Å². The summed E-state index contributed by atoms with van der Waals surface area (Å²) < 4.78 is 2.19. The summed E-state index contributed by atoms with van der Waals surface area (Å²) in [4.78, 5) is 4.08. The SMILES string of the molecule is CCC(C)CC(C)(C)n1ccnc1. The monoisotopic (exact) mass is 180 g/mol. The zero-order chi connectivity index (χ0) is 9.90. The largest absolute Gasteiger partial charge is 0.332 e. The summed E-state index contributed by atoms with van der Waals surface area (Å²) in [6.07, 6.45) is 8.25. The highest BCUT2D eigenvalue weighted by molar-refractivity contribution is 4.86. The van der Waals surface area contributed by atoms with E-state index in [2.05, 4.69) is 37.2 Å². The lowest BCUT2D eigenvalue weighted by molar-refractivity contribution is 0.271.